The highest BCUT2D eigenvalue weighted by atomic mass is 32.2. The second kappa shape index (κ2) is 8.14. The van der Waals surface area contributed by atoms with Crippen molar-refractivity contribution in [3.8, 4) is 0 Å². The van der Waals surface area contributed by atoms with Gasteiger partial charge in [0.2, 0.25) is 5.91 Å². The van der Waals surface area contributed by atoms with Gasteiger partial charge < -0.3 is 0 Å². The molecule has 0 saturated heterocycles. The Hall–Kier alpha value is -2.67. The van der Waals surface area contributed by atoms with Gasteiger partial charge in [-0.15, -0.1) is 0 Å². The van der Waals surface area contributed by atoms with E-state index in [0.717, 1.165) is 11.3 Å². The van der Waals surface area contributed by atoms with Crippen LogP contribution in [0.2, 0.25) is 0 Å². The smallest absolute Gasteiger partial charge is 0.273 e. The molecule has 0 fully saturated rings. The molecule has 134 valence electrons. The lowest BCUT2D eigenvalue weighted by molar-refractivity contribution is -0.116. The molecule has 2 aromatic carbocycles. The Morgan fingerprint density at radius 1 is 1.23 bits per heavy atom. The van der Waals surface area contributed by atoms with Crippen molar-refractivity contribution in [2.24, 2.45) is 0 Å². The van der Waals surface area contributed by atoms with Gasteiger partial charge in [0.25, 0.3) is 5.56 Å². The SMILES string of the molecule is CCSCc1nc2cc(F)ccc2c(=O)n1NC(=O)Cc1ccccc1. The standard InChI is InChI=1S/C19H18FN3O2S/c1-2-26-12-17-21-16-11-14(20)8-9-15(16)19(25)23(17)22-18(24)10-13-6-4-3-5-7-13/h3-9,11H,2,10,12H2,1H3,(H,22,24). The molecule has 0 spiro atoms. The minimum absolute atomic E-state index is 0.148. The van der Waals surface area contributed by atoms with Crippen molar-refractivity contribution in [2.75, 3.05) is 11.2 Å². The van der Waals surface area contributed by atoms with E-state index < -0.39 is 11.4 Å². The first kappa shape index (κ1) is 18.1. The zero-order valence-electron chi connectivity index (χ0n) is 14.2. The third-order valence-electron chi connectivity index (χ3n) is 3.78. The molecule has 1 aromatic heterocycles. The molecule has 0 unspecified atom stereocenters. The highest BCUT2D eigenvalue weighted by Crippen LogP contribution is 2.14. The number of thioether (sulfide) groups is 1. The third kappa shape index (κ3) is 4.11. The largest absolute Gasteiger partial charge is 0.280 e. The van der Waals surface area contributed by atoms with Crippen LogP contribution in [0.25, 0.3) is 10.9 Å². The topological polar surface area (TPSA) is 64.0 Å². The molecular weight excluding hydrogens is 353 g/mol. The molecule has 0 radical (unpaired) electrons. The van der Waals surface area contributed by atoms with Gasteiger partial charge in [-0.3, -0.25) is 15.0 Å². The molecule has 0 saturated carbocycles. The van der Waals surface area contributed by atoms with Crippen molar-refractivity contribution in [1.29, 1.82) is 0 Å². The fourth-order valence-electron chi connectivity index (χ4n) is 2.56. The maximum atomic E-state index is 13.5. The number of halogens is 1. The summed E-state index contributed by atoms with van der Waals surface area (Å²) >= 11 is 1.56. The van der Waals surface area contributed by atoms with Gasteiger partial charge in [-0.05, 0) is 23.4 Å². The maximum absolute atomic E-state index is 13.5. The number of fused-ring (bicyclic) bond motifs is 1. The summed E-state index contributed by atoms with van der Waals surface area (Å²) in [5.74, 6) is 0.883. The van der Waals surface area contributed by atoms with Gasteiger partial charge in [-0.2, -0.15) is 11.8 Å². The second-order valence-electron chi connectivity index (χ2n) is 5.66. The van der Waals surface area contributed by atoms with Gasteiger partial charge in [0, 0.05) is 6.07 Å². The van der Waals surface area contributed by atoms with Crippen LogP contribution >= 0.6 is 11.8 Å². The molecule has 5 nitrogen and oxygen atoms in total. The van der Waals surface area contributed by atoms with Crippen LogP contribution in [0.4, 0.5) is 4.39 Å². The lowest BCUT2D eigenvalue weighted by Gasteiger charge is -2.14. The predicted molar refractivity (Wildman–Crippen MR) is 102 cm³/mol. The van der Waals surface area contributed by atoms with Crippen molar-refractivity contribution in [1.82, 2.24) is 9.66 Å². The average molecular weight is 371 g/mol. The van der Waals surface area contributed by atoms with Gasteiger partial charge in [-0.25, -0.2) is 14.1 Å². The van der Waals surface area contributed by atoms with Crippen molar-refractivity contribution < 1.29 is 9.18 Å². The van der Waals surface area contributed by atoms with E-state index in [9.17, 15) is 14.0 Å². The predicted octanol–water partition coefficient (Wildman–Crippen LogP) is 3.10. The summed E-state index contributed by atoms with van der Waals surface area (Å²) in [5.41, 5.74) is 3.36. The fourth-order valence-corrected chi connectivity index (χ4v) is 3.14. The van der Waals surface area contributed by atoms with Crippen LogP contribution < -0.4 is 11.0 Å². The molecule has 1 N–H and O–H groups in total. The highest BCUT2D eigenvalue weighted by Gasteiger charge is 2.14. The Bertz CT molecular complexity index is 989. The third-order valence-corrected chi connectivity index (χ3v) is 4.65. The van der Waals surface area contributed by atoms with E-state index >= 15 is 0 Å². The molecule has 0 bridgehead atoms. The normalized spacial score (nSPS) is 10.8. The Labute approximate surface area is 154 Å². The van der Waals surface area contributed by atoms with E-state index in [1.165, 1.54) is 22.9 Å². The number of carbonyl (C=O) groups is 1. The minimum atomic E-state index is -0.454. The van der Waals surface area contributed by atoms with Crippen LogP contribution in [0, 0.1) is 5.82 Å². The van der Waals surface area contributed by atoms with E-state index in [1.807, 2.05) is 37.3 Å². The van der Waals surface area contributed by atoms with Gasteiger partial charge in [0.05, 0.1) is 23.1 Å². The average Bonchev–Trinajstić information content (AvgIpc) is 2.63. The van der Waals surface area contributed by atoms with Gasteiger partial charge in [0.1, 0.15) is 11.6 Å². The Kier molecular flexibility index (Phi) is 5.68. The van der Waals surface area contributed by atoms with E-state index in [1.54, 1.807) is 11.8 Å². The Morgan fingerprint density at radius 3 is 2.73 bits per heavy atom. The van der Waals surface area contributed by atoms with Crippen LogP contribution in [0.3, 0.4) is 0 Å². The fraction of sp³-hybridized carbons (Fsp3) is 0.211. The number of rotatable bonds is 6. The summed E-state index contributed by atoms with van der Waals surface area (Å²) in [7, 11) is 0. The van der Waals surface area contributed by atoms with Crippen molar-refractivity contribution >= 4 is 28.6 Å². The van der Waals surface area contributed by atoms with Crippen molar-refractivity contribution in [3.05, 3.63) is 76.1 Å². The molecule has 7 heteroatoms. The molecule has 3 rings (SSSR count). The first-order valence-electron chi connectivity index (χ1n) is 8.21. The summed E-state index contributed by atoms with van der Waals surface area (Å²) in [6, 6.07) is 13.1. The molecule has 1 amide bonds. The number of nitrogens with one attached hydrogen (secondary N) is 1. The van der Waals surface area contributed by atoms with Crippen molar-refractivity contribution in [3.63, 3.8) is 0 Å². The second-order valence-corrected chi connectivity index (χ2v) is 6.94. The monoisotopic (exact) mass is 371 g/mol. The summed E-state index contributed by atoms with van der Waals surface area (Å²) in [4.78, 5) is 29.6. The molecular formula is C19H18FN3O2S. The van der Waals surface area contributed by atoms with Crippen LogP contribution in [0.5, 0.6) is 0 Å². The van der Waals surface area contributed by atoms with E-state index in [2.05, 4.69) is 10.4 Å². The number of benzene rings is 2. The lowest BCUT2D eigenvalue weighted by Crippen LogP contribution is -2.37. The van der Waals surface area contributed by atoms with Gasteiger partial charge in [0.15, 0.2) is 0 Å². The summed E-state index contributed by atoms with van der Waals surface area (Å²) in [5, 5.41) is 0.261. The molecule has 3 aromatic rings. The van der Waals surface area contributed by atoms with E-state index in [4.69, 9.17) is 0 Å². The molecule has 26 heavy (non-hydrogen) atoms. The Balaban J connectivity index is 1.96. The molecule has 0 aliphatic carbocycles. The maximum Gasteiger partial charge on any atom is 0.280 e. The van der Waals surface area contributed by atoms with Crippen LogP contribution in [-0.2, 0) is 17.0 Å². The molecule has 1 heterocycles. The quantitative estimate of drug-likeness (QED) is 0.723. The van der Waals surface area contributed by atoms with Crippen LogP contribution in [0.15, 0.2) is 53.3 Å². The van der Waals surface area contributed by atoms with E-state index in [-0.39, 0.29) is 23.2 Å². The first-order valence-corrected chi connectivity index (χ1v) is 9.36. The molecule has 0 atom stereocenters. The van der Waals surface area contributed by atoms with Gasteiger partial charge >= 0.3 is 0 Å². The van der Waals surface area contributed by atoms with Crippen LogP contribution in [-0.4, -0.2) is 21.3 Å². The number of hydrogen-bond donors (Lipinski definition) is 1. The minimum Gasteiger partial charge on any atom is -0.273 e. The molecule has 0 aliphatic rings. The zero-order valence-corrected chi connectivity index (χ0v) is 15.1. The number of carbonyl (C=O) groups excluding carboxylic acids is 1. The summed E-state index contributed by atoms with van der Waals surface area (Å²) in [6.45, 7) is 1.99. The molecule has 0 aliphatic heterocycles. The Morgan fingerprint density at radius 2 is 2.00 bits per heavy atom. The van der Waals surface area contributed by atoms with E-state index in [0.29, 0.717) is 11.6 Å². The number of amides is 1. The highest BCUT2D eigenvalue weighted by molar-refractivity contribution is 7.98. The first-order chi connectivity index (χ1) is 12.6. The number of aromatic nitrogens is 2. The van der Waals surface area contributed by atoms with Crippen LogP contribution in [0.1, 0.15) is 18.3 Å². The van der Waals surface area contributed by atoms with Crippen molar-refractivity contribution in [2.45, 2.75) is 19.1 Å². The number of hydrogen-bond acceptors (Lipinski definition) is 4. The lowest BCUT2D eigenvalue weighted by atomic mass is 10.1. The summed E-state index contributed by atoms with van der Waals surface area (Å²) < 4.78 is 14.7. The number of nitrogens with zero attached hydrogens (tertiary/aromatic N) is 2. The van der Waals surface area contributed by atoms with Gasteiger partial charge in [-0.1, -0.05) is 37.3 Å². The summed E-state index contributed by atoms with van der Waals surface area (Å²) in [6.07, 6.45) is 0.148. The zero-order chi connectivity index (χ0) is 18.5.